The quantitative estimate of drug-likeness (QED) is 0.584. The monoisotopic (exact) mass is 218 g/mol. The van der Waals surface area contributed by atoms with Gasteiger partial charge in [-0.25, -0.2) is 0 Å². The maximum atomic E-state index is 11.7. The zero-order valence-corrected chi connectivity index (χ0v) is 9.12. The van der Waals surface area contributed by atoms with Gasteiger partial charge in [0.15, 0.2) is 11.5 Å². The second kappa shape index (κ2) is 3.30. The summed E-state index contributed by atoms with van der Waals surface area (Å²) in [5.74, 6) is 0.142. The summed E-state index contributed by atoms with van der Waals surface area (Å²) in [6, 6.07) is 0. The van der Waals surface area contributed by atoms with Gasteiger partial charge in [-0.2, -0.15) is 0 Å². The number of carbonyl (C=O) groups is 2. The van der Waals surface area contributed by atoms with Crippen LogP contribution in [-0.4, -0.2) is 17.2 Å². The summed E-state index contributed by atoms with van der Waals surface area (Å²) in [6.45, 7) is 0. The van der Waals surface area contributed by atoms with Gasteiger partial charge < -0.3 is 4.74 Å². The average Bonchev–Trinajstić information content (AvgIpc) is 2.72. The van der Waals surface area contributed by atoms with Crippen molar-refractivity contribution >= 4 is 11.6 Å². The Hall–Kier alpha value is -1.38. The molecule has 0 bridgehead atoms. The van der Waals surface area contributed by atoms with Crippen molar-refractivity contribution < 1.29 is 14.3 Å². The van der Waals surface area contributed by atoms with Crippen molar-refractivity contribution in [2.75, 3.05) is 0 Å². The standard InChI is InChI=1S/C13H14O3/c14-10-3-4-11(15)12-9(10)5-8-13(16-12)6-1-2-7-13/h3-4H,1-2,5-8H2. The molecule has 3 rings (SSSR count). The molecule has 0 N–H and O–H groups in total. The molecule has 0 radical (unpaired) electrons. The summed E-state index contributed by atoms with van der Waals surface area (Å²) >= 11 is 0. The van der Waals surface area contributed by atoms with Gasteiger partial charge in [-0.15, -0.1) is 0 Å². The van der Waals surface area contributed by atoms with Crippen molar-refractivity contribution in [1.29, 1.82) is 0 Å². The summed E-state index contributed by atoms with van der Waals surface area (Å²) in [6.07, 6.45) is 8.65. The van der Waals surface area contributed by atoms with Gasteiger partial charge in [0.2, 0.25) is 5.78 Å². The number of carbonyl (C=O) groups excluding carboxylic acids is 2. The van der Waals surface area contributed by atoms with E-state index < -0.39 is 0 Å². The second-order valence-corrected chi connectivity index (χ2v) is 4.86. The third-order valence-electron chi connectivity index (χ3n) is 3.85. The Balaban J connectivity index is 1.95. The van der Waals surface area contributed by atoms with E-state index in [1.54, 1.807) is 0 Å². The van der Waals surface area contributed by atoms with Crippen LogP contribution in [0.15, 0.2) is 23.5 Å². The molecule has 3 nitrogen and oxygen atoms in total. The average molecular weight is 218 g/mol. The van der Waals surface area contributed by atoms with E-state index in [0.29, 0.717) is 17.8 Å². The molecule has 3 heteroatoms. The molecule has 0 atom stereocenters. The topological polar surface area (TPSA) is 43.4 Å². The predicted molar refractivity (Wildman–Crippen MR) is 57.7 cm³/mol. The molecule has 1 saturated carbocycles. The Kier molecular flexibility index (Phi) is 2.03. The number of ketones is 2. The van der Waals surface area contributed by atoms with Gasteiger partial charge in [-0.3, -0.25) is 9.59 Å². The fourth-order valence-electron chi connectivity index (χ4n) is 2.93. The molecule has 0 aromatic heterocycles. The van der Waals surface area contributed by atoms with E-state index >= 15 is 0 Å². The van der Waals surface area contributed by atoms with Crippen LogP contribution in [0.2, 0.25) is 0 Å². The lowest BCUT2D eigenvalue weighted by atomic mass is 9.86. The number of hydrogen-bond acceptors (Lipinski definition) is 3. The highest BCUT2D eigenvalue weighted by atomic mass is 16.5. The first-order valence-corrected chi connectivity index (χ1v) is 5.89. The van der Waals surface area contributed by atoms with Gasteiger partial charge in [-0.05, 0) is 50.7 Å². The van der Waals surface area contributed by atoms with Crippen LogP contribution < -0.4 is 0 Å². The molecule has 1 fully saturated rings. The predicted octanol–water partition coefficient (Wildman–Crippen LogP) is 2.07. The molecule has 0 aromatic rings. The normalized spacial score (nSPS) is 27.2. The number of ether oxygens (including phenoxy) is 1. The Labute approximate surface area is 94.2 Å². The molecular weight excluding hydrogens is 204 g/mol. The molecule has 84 valence electrons. The van der Waals surface area contributed by atoms with E-state index in [-0.39, 0.29) is 17.2 Å². The molecule has 3 aliphatic rings. The molecule has 0 aromatic carbocycles. The van der Waals surface area contributed by atoms with Crippen LogP contribution in [0.1, 0.15) is 38.5 Å². The van der Waals surface area contributed by atoms with E-state index in [0.717, 1.165) is 19.3 Å². The highest BCUT2D eigenvalue weighted by Crippen LogP contribution is 2.44. The van der Waals surface area contributed by atoms with Gasteiger partial charge >= 0.3 is 0 Å². The minimum Gasteiger partial charge on any atom is -0.483 e. The Morgan fingerprint density at radius 2 is 1.69 bits per heavy atom. The van der Waals surface area contributed by atoms with Gasteiger partial charge in [0, 0.05) is 5.57 Å². The van der Waals surface area contributed by atoms with E-state index in [4.69, 9.17) is 4.74 Å². The minimum atomic E-state index is -0.139. The van der Waals surface area contributed by atoms with Crippen LogP contribution in [0, 0.1) is 0 Å². The summed E-state index contributed by atoms with van der Waals surface area (Å²) in [5, 5.41) is 0. The Morgan fingerprint density at radius 3 is 2.44 bits per heavy atom. The number of allylic oxidation sites excluding steroid dienone is 3. The molecule has 1 heterocycles. The van der Waals surface area contributed by atoms with Gasteiger partial charge in [-0.1, -0.05) is 0 Å². The first-order chi connectivity index (χ1) is 7.70. The largest absolute Gasteiger partial charge is 0.483 e. The molecular formula is C13H14O3. The minimum absolute atomic E-state index is 0.0533. The van der Waals surface area contributed by atoms with Gasteiger partial charge in [0.25, 0.3) is 0 Å². The van der Waals surface area contributed by atoms with E-state index in [9.17, 15) is 9.59 Å². The van der Waals surface area contributed by atoms with Crippen molar-refractivity contribution in [1.82, 2.24) is 0 Å². The van der Waals surface area contributed by atoms with Crippen LogP contribution >= 0.6 is 0 Å². The van der Waals surface area contributed by atoms with Crippen molar-refractivity contribution in [3.05, 3.63) is 23.5 Å². The van der Waals surface area contributed by atoms with Crippen molar-refractivity contribution in [2.24, 2.45) is 0 Å². The first-order valence-electron chi connectivity index (χ1n) is 5.89. The molecule has 1 spiro atoms. The Bertz CT molecular complexity index is 422. The van der Waals surface area contributed by atoms with E-state index in [1.165, 1.54) is 25.0 Å². The van der Waals surface area contributed by atoms with Crippen molar-refractivity contribution in [3.8, 4) is 0 Å². The maximum Gasteiger partial charge on any atom is 0.220 e. The lowest BCUT2D eigenvalue weighted by molar-refractivity contribution is -0.123. The molecule has 0 unspecified atom stereocenters. The van der Waals surface area contributed by atoms with Gasteiger partial charge in [0.1, 0.15) is 5.60 Å². The summed E-state index contributed by atoms with van der Waals surface area (Å²) < 4.78 is 5.88. The lowest BCUT2D eigenvalue weighted by Crippen LogP contribution is -2.36. The molecule has 16 heavy (non-hydrogen) atoms. The smallest absolute Gasteiger partial charge is 0.220 e. The summed E-state index contributed by atoms with van der Waals surface area (Å²) in [4.78, 5) is 23.3. The van der Waals surface area contributed by atoms with E-state index in [1.807, 2.05) is 0 Å². The second-order valence-electron chi connectivity index (χ2n) is 4.86. The zero-order valence-electron chi connectivity index (χ0n) is 9.12. The first kappa shape index (κ1) is 9.82. The SMILES string of the molecule is O=C1C=CC(=O)C2=C1CCC1(CCCC1)O2. The van der Waals surface area contributed by atoms with Crippen molar-refractivity contribution in [3.63, 3.8) is 0 Å². The lowest BCUT2D eigenvalue weighted by Gasteiger charge is -2.36. The van der Waals surface area contributed by atoms with Crippen LogP contribution in [0.25, 0.3) is 0 Å². The van der Waals surface area contributed by atoms with Crippen molar-refractivity contribution in [2.45, 2.75) is 44.1 Å². The maximum absolute atomic E-state index is 11.7. The molecule has 1 aliphatic heterocycles. The fraction of sp³-hybridized carbons (Fsp3) is 0.538. The molecule has 2 aliphatic carbocycles. The molecule has 0 saturated heterocycles. The van der Waals surface area contributed by atoms with Crippen LogP contribution in [0.4, 0.5) is 0 Å². The molecule has 0 amide bonds. The number of rotatable bonds is 0. The van der Waals surface area contributed by atoms with Gasteiger partial charge in [0.05, 0.1) is 0 Å². The van der Waals surface area contributed by atoms with Crippen LogP contribution in [0.3, 0.4) is 0 Å². The highest BCUT2D eigenvalue weighted by molar-refractivity contribution is 6.19. The zero-order chi connectivity index (χ0) is 11.2. The van der Waals surface area contributed by atoms with Crippen LogP contribution in [-0.2, 0) is 14.3 Å². The number of hydrogen-bond donors (Lipinski definition) is 0. The Morgan fingerprint density at radius 1 is 1.00 bits per heavy atom. The third-order valence-corrected chi connectivity index (χ3v) is 3.85. The van der Waals surface area contributed by atoms with Crippen LogP contribution in [0.5, 0.6) is 0 Å². The summed E-state index contributed by atoms with van der Waals surface area (Å²) in [5.41, 5.74) is 0.449. The summed E-state index contributed by atoms with van der Waals surface area (Å²) in [7, 11) is 0. The highest BCUT2D eigenvalue weighted by Gasteiger charge is 2.42. The fourth-order valence-corrected chi connectivity index (χ4v) is 2.93. The van der Waals surface area contributed by atoms with E-state index in [2.05, 4.69) is 0 Å². The third kappa shape index (κ3) is 1.34.